The van der Waals surface area contributed by atoms with E-state index in [1.807, 2.05) is 6.07 Å². The molecule has 0 bridgehead atoms. The van der Waals surface area contributed by atoms with Gasteiger partial charge in [0.05, 0.1) is 6.54 Å². The lowest BCUT2D eigenvalue weighted by Crippen LogP contribution is -2.32. The predicted octanol–water partition coefficient (Wildman–Crippen LogP) is 2.62. The van der Waals surface area contributed by atoms with E-state index in [4.69, 9.17) is 5.73 Å². The predicted molar refractivity (Wildman–Crippen MR) is 80.6 cm³/mol. The minimum Gasteiger partial charge on any atom is -0.320 e. The zero-order chi connectivity index (χ0) is 13.7. The lowest BCUT2D eigenvalue weighted by Gasteiger charge is -2.26. The van der Waals surface area contributed by atoms with Crippen molar-refractivity contribution < 1.29 is 0 Å². The first kappa shape index (κ1) is 14.1. The molecule has 0 amide bonds. The summed E-state index contributed by atoms with van der Waals surface area (Å²) in [5.41, 5.74) is 7.83. The summed E-state index contributed by atoms with van der Waals surface area (Å²) in [6.07, 6.45) is 2.82. The Morgan fingerprint density at radius 1 is 1.37 bits per heavy atom. The molecule has 2 N–H and O–H groups in total. The van der Waals surface area contributed by atoms with Gasteiger partial charge in [0.1, 0.15) is 0 Å². The lowest BCUT2D eigenvalue weighted by molar-refractivity contribution is 0.204. The Balaban J connectivity index is 2.03. The number of rotatable bonds is 5. The van der Waals surface area contributed by atoms with Crippen molar-refractivity contribution >= 4 is 0 Å². The Hall–Kier alpha value is -1.30. The van der Waals surface area contributed by atoms with Gasteiger partial charge >= 0.3 is 0 Å². The number of hydrogen-bond donors (Lipinski definition) is 1. The summed E-state index contributed by atoms with van der Waals surface area (Å²) in [6, 6.07) is 9.11. The quantitative estimate of drug-likeness (QED) is 0.821. The Kier molecular flexibility index (Phi) is 5.01. The number of hydrogen-bond acceptors (Lipinski definition) is 2. The van der Waals surface area contributed by atoms with Gasteiger partial charge in [-0.25, -0.2) is 0 Å². The molecule has 102 valence electrons. The van der Waals surface area contributed by atoms with Gasteiger partial charge in [-0.15, -0.1) is 0 Å². The third-order valence-electron chi connectivity index (χ3n) is 3.57. The van der Waals surface area contributed by atoms with Crippen LogP contribution >= 0.6 is 0 Å². The van der Waals surface area contributed by atoms with Crippen molar-refractivity contribution in [3.8, 4) is 11.8 Å². The molecule has 0 heterocycles. The van der Waals surface area contributed by atoms with Crippen LogP contribution < -0.4 is 5.73 Å². The first-order valence-corrected chi connectivity index (χ1v) is 7.21. The average molecular weight is 256 g/mol. The molecule has 1 fully saturated rings. The van der Waals surface area contributed by atoms with E-state index in [9.17, 15) is 0 Å². The van der Waals surface area contributed by atoms with Crippen LogP contribution in [0.3, 0.4) is 0 Å². The second-order valence-electron chi connectivity index (χ2n) is 5.67. The van der Waals surface area contributed by atoms with Gasteiger partial charge in [0.2, 0.25) is 0 Å². The maximum atomic E-state index is 5.41. The number of benzene rings is 1. The smallest absolute Gasteiger partial charge is 0.0555 e. The van der Waals surface area contributed by atoms with Crippen LogP contribution in [0.15, 0.2) is 24.3 Å². The minimum atomic E-state index is 0.421. The highest BCUT2D eigenvalue weighted by Crippen LogP contribution is 2.30. The molecule has 1 aromatic carbocycles. The normalized spacial score (nSPS) is 14.6. The van der Waals surface area contributed by atoms with Crippen LogP contribution in [-0.2, 0) is 6.54 Å². The molecule has 0 saturated heterocycles. The summed E-state index contributed by atoms with van der Waals surface area (Å²) in [6.45, 7) is 7.23. The van der Waals surface area contributed by atoms with Crippen LogP contribution in [0, 0.1) is 17.8 Å². The van der Waals surface area contributed by atoms with Gasteiger partial charge in [-0.1, -0.05) is 24.0 Å². The molecule has 0 aromatic heterocycles. The fraction of sp³-hybridized carbons (Fsp3) is 0.529. The molecule has 0 radical (unpaired) electrons. The maximum absolute atomic E-state index is 5.41. The standard InChI is InChI=1S/C17H24N2/c1-14(2)19(12-16-8-9-16)13-17-6-3-5-15(11-17)7-4-10-18/h3,5-6,11,14,16H,8-10,12-13,18H2,1-2H3. The Morgan fingerprint density at radius 2 is 2.16 bits per heavy atom. The van der Waals surface area contributed by atoms with E-state index in [0.29, 0.717) is 12.6 Å². The summed E-state index contributed by atoms with van der Waals surface area (Å²) < 4.78 is 0. The van der Waals surface area contributed by atoms with E-state index in [1.54, 1.807) is 0 Å². The molecule has 2 nitrogen and oxygen atoms in total. The Bertz CT molecular complexity index is 464. The molecule has 0 atom stereocenters. The van der Waals surface area contributed by atoms with Crippen molar-refractivity contribution in [2.45, 2.75) is 39.3 Å². The van der Waals surface area contributed by atoms with Crippen molar-refractivity contribution in [1.82, 2.24) is 4.90 Å². The van der Waals surface area contributed by atoms with E-state index in [0.717, 1.165) is 18.0 Å². The van der Waals surface area contributed by atoms with E-state index < -0.39 is 0 Å². The fourth-order valence-corrected chi connectivity index (χ4v) is 2.23. The highest BCUT2D eigenvalue weighted by Gasteiger charge is 2.25. The van der Waals surface area contributed by atoms with Gasteiger partial charge in [0, 0.05) is 24.7 Å². The van der Waals surface area contributed by atoms with Crippen LogP contribution in [-0.4, -0.2) is 24.0 Å². The van der Waals surface area contributed by atoms with Crippen molar-refractivity contribution in [1.29, 1.82) is 0 Å². The average Bonchev–Trinajstić information content (AvgIpc) is 3.20. The van der Waals surface area contributed by atoms with E-state index in [2.05, 4.69) is 48.8 Å². The van der Waals surface area contributed by atoms with Crippen LogP contribution in [0.5, 0.6) is 0 Å². The Labute approximate surface area is 117 Å². The third kappa shape index (κ3) is 4.70. The molecule has 2 rings (SSSR count). The summed E-state index contributed by atoms with van der Waals surface area (Å²) in [5, 5.41) is 0. The fourth-order valence-electron chi connectivity index (χ4n) is 2.23. The van der Waals surface area contributed by atoms with Gasteiger partial charge in [-0.3, -0.25) is 4.90 Å². The molecule has 19 heavy (non-hydrogen) atoms. The number of nitrogens with zero attached hydrogens (tertiary/aromatic N) is 1. The van der Waals surface area contributed by atoms with E-state index >= 15 is 0 Å². The zero-order valence-corrected chi connectivity index (χ0v) is 12.0. The van der Waals surface area contributed by atoms with Gasteiger partial charge in [0.15, 0.2) is 0 Å². The van der Waals surface area contributed by atoms with Crippen molar-refractivity contribution in [3.63, 3.8) is 0 Å². The Morgan fingerprint density at radius 3 is 2.79 bits per heavy atom. The van der Waals surface area contributed by atoms with Crippen LogP contribution in [0.2, 0.25) is 0 Å². The van der Waals surface area contributed by atoms with Gasteiger partial charge < -0.3 is 5.73 Å². The summed E-state index contributed by atoms with van der Waals surface area (Å²) in [7, 11) is 0. The molecule has 1 aromatic rings. The largest absolute Gasteiger partial charge is 0.320 e. The minimum absolute atomic E-state index is 0.421. The van der Waals surface area contributed by atoms with Crippen LogP contribution in [0.25, 0.3) is 0 Å². The molecule has 0 unspecified atom stereocenters. The SMILES string of the molecule is CC(C)N(Cc1cccc(C#CCN)c1)CC1CC1. The molecular formula is C17H24N2. The monoisotopic (exact) mass is 256 g/mol. The zero-order valence-electron chi connectivity index (χ0n) is 12.0. The number of nitrogens with two attached hydrogens (primary N) is 1. The van der Waals surface area contributed by atoms with Crippen molar-refractivity contribution in [2.75, 3.05) is 13.1 Å². The first-order chi connectivity index (χ1) is 9.19. The molecule has 2 heteroatoms. The highest BCUT2D eigenvalue weighted by atomic mass is 15.1. The summed E-state index contributed by atoms with van der Waals surface area (Å²) >= 11 is 0. The molecule has 0 aliphatic heterocycles. The maximum Gasteiger partial charge on any atom is 0.0555 e. The topological polar surface area (TPSA) is 29.3 Å². The molecule has 1 saturated carbocycles. The van der Waals surface area contributed by atoms with Crippen molar-refractivity contribution in [3.05, 3.63) is 35.4 Å². The van der Waals surface area contributed by atoms with Gasteiger partial charge in [-0.05, 0) is 50.3 Å². The van der Waals surface area contributed by atoms with Crippen LogP contribution in [0.4, 0.5) is 0 Å². The molecule has 1 aliphatic carbocycles. The van der Waals surface area contributed by atoms with Gasteiger partial charge in [0.25, 0.3) is 0 Å². The van der Waals surface area contributed by atoms with Gasteiger partial charge in [-0.2, -0.15) is 0 Å². The molecule has 1 aliphatic rings. The molecule has 0 spiro atoms. The van der Waals surface area contributed by atoms with Crippen LogP contribution in [0.1, 0.15) is 37.8 Å². The summed E-state index contributed by atoms with van der Waals surface area (Å²) in [5.74, 6) is 6.95. The first-order valence-electron chi connectivity index (χ1n) is 7.21. The molecular weight excluding hydrogens is 232 g/mol. The highest BCUT2D eigenvalue weighted by molar-refractivity contribution is 5.37. The van der Waals surface area contributed by atoms with E-state index in [-0.39, 0.29) is 0 Å². The second-order valence-corrected chi connectivity index (χ2v) is 5.67. The lowest BCUT2D eigenvalue weighted by atomic mass is 10.1. The summed E-state index contributed by atoms with van der Waals surface area (Å²) in [4.78, 5) is 2.56. The second kappa shape index (κ2) is 6.75. The van der Waals surface area contributed by atoms with Crippen molar-refractivity contribution in [2.24, 2.45) is 11.7 Å². The third-order valence-corrected chi connectivity index (χ3v) is 3.57. The van der Waals surface area contributed by atoms with E-state index in [1.165, 1.54) is 24.9 Å².